The van der Waals surface area contributed by atoms with Gasteiger partial charge in [-0.1, -0.05) is 43.4 Å². The first-order valence-electron chi connectivity index (χ1n) is 6.37. The summed E-state index contributed by atoms with van der Waals surface area (Å²) in [6.45, 7) is 5.02. The van der Waals surface area contributed by atoms with Crippen LogP contribution in [0, 0.1) is 0 Å². The number of nitrogens with two attached hydrogens (primary N) is 1. The van der Waals surface area contributed by atoms with Crippen LogP contribution >= 0.6 is 12.2 Å². The van der Waals surface area contributed by atoms with E-state index in [1.165, 1.54) is 0 Å². The molecule has 1 rings (SSSR count). The van der Waals surface area contributed by atoms with Crippen molar-refractivity contribution < 1.29 is 9.84 Å². The lowest BCUT2D eigenvalue weighted by Crippen LogP contribution is -2.31. The number of ether oxygens (including phenoxy) is 1. The normalized spacial score (nSPS) is 12.6. The molecule has 0 heterocycles. The summed E-state index contributed by atoms with van der Waals surface area (Å²) in [6, 6.07) is 7.41. The minimum absolute atomic E-state index is 0.372. The molecule has 0 saturated heterocycles. The number of nitrogens with zero attached hydrogens (tertiary/aromatic N) is 1. The minimum Gasteiger partial charge on any atom is -0.389 e. The van der Waals surface area contributed by atoms with E-state index in [9.17, 15) is 5.11 Å². The van der Waals surface area contributed by atoms with E-state index in [1.807, 2.05) is 24.3 Å². The van der Waals surface area contributed by atoms with Crippen LogP contribution in [-0.2, 0) is 4.74 Å². The summed E-state index contributed by atoms with van der Waals surface area (Å²) >= 11 is 4.90. The molecule has 0 aliphatic rings. The predicted molar refractivity (Wildman–Crippen MR) is 81.3 cm³/mol. The van der Waals surface area contributed by atoms with Crippen molar-refractivity contribution in [1.29, 1.82) is 0 Å². The van der Waals surface area contributed by atoms with Crippen molar-refractivity contribution in [3.63, 3.8) is 0 Å². The molecule has 106 valence electrons. The molecule has 0 aliphatic heterocycles. The molecule has 1 atom stereocenters. The zero-order chi connectivity index (χ0) is 14.3. The Labute approximate surface area is 120 Å². The number of hydrogen-bond donors (Lipinski definition) is 2. The fourth-order valence-electron chi connectivity index (χ4n) is 1.82. The van der Waals surface area contributed by atoms with E-state index in [0.717, 1.165) is 24.2 Å². The molecule has 4 nitrogen and oxygen atoms in total. The van der Waals surface area contributed by atoms with Gasteiger partial charge in [-0.2, -0.15) is 0 Å². The maximum atomic E-state index is 10.2. The number of rotatable bonds is 8. The first kappa shape index (κ1) is 16.0. The maximum Gasteiger partial charge on any atom is 0.103 e. The van der Waals surface area contributed by atoms with Crippen molar-refractivity contribution in [2.75, 3.05) is 33.4 Å². The smallest absolute Gasteiger partial charge is 0.103 e. The van der Waals surface area contributed by atoms with E-state index < -0.39 is 6.10 Å². The van der Waals surface area contributed by atoms with Crippen molar-refractivity contribution in [1.82, 2.24) is 4.90 Å². The van der Waals surface area contributed by atoms with E-state index in [1.54, 1.807) is 7.11 Å². The summed E-state index contributed by atoms with van der Waals surface area (Å²) in [4.78, 5) is 2.52. The summed E-state index contributed by atoms with van der Waals surface area (Å²) in [6.07, 6.45) is -0.516. The van der Waals surface area contributed by atoms with Gasteiger partial charge in [-0.3, -0.25) is 4.90 Å². The van der Waals surface area contributed by atoms with Crippen LogP contribution in [0.1, 0.15) is 24.2 Å². The van der Waals surface area contributed by atoms with Crippen LogP contribution in [0.2, 0.25) is 0 Å². The van der Waals surface area contributed by atoms with Crippen LogP contribution in [0.5, 0.6) is 0 Å². The quantitative estimate of drug-likeness (QED) is 0.704. The van der Waals surface area contributed by atoms with Crippen molar-refractivity contribution in [3.05, 3.63) is 35.4 Å². The lowest BCUT2D eigenvalue weighted by Gasteiger charge is -2.23. The second-order valence-corrected chi connectivity index (χ2v) is 4.83. The van der Waals surface area contributed by atoms with Gasteiger partial charge < -0.3 is 15.6 Å². The van der Waals surface area contributed by atoms with Gasteiger partial charge >= 0.3 is 0 Å². The van der Waals surface area contributed by atoms with Crippen molar-refractivity contribution >= 4 is 17.2 Å². The fraction of sp³-hybridized carbons (Fsp3) is 0.500. The highest BCUT2D eigenvalue weighted by Gasteiger charge is 2.12. The molecule has 3 N–H and O–H groups in total. The predicted octanol–water partition coefficient (Wildman–Crippen LogP) is 1.32. The van der Waals surface area contributed by atoms with E-state index >= 15 is 0 Å². The Morgan fingerprint density at radius 1 is 1.42 bits per heavy atom. The highest BCUT2D eigenvalue weighted by atomic mass is 32.1. The van der Waals surface area contributed by atoms with Crippen molar-refractivity contribution in [2.24, 2.45) is 5.73 Å². The molecule has 0 radical (unpaired) electrons. The van der Waals surface area contributed by atoms with Gasteiger partial charge in [0.2, 0.25) is 0 Å². The molecule has 5 heteroatoms. The standard InChI is InChI=1S/C14H22N2O2S/c1-3-16(8-9-18-2)10-13(17)11-4-6-12(7-5-11)14(15)19/h4-7,13,17H,3,8-10H2,1-2H3,(H2,15,19). The first-order valence-corrected chi connectivity index (χ1v) is 6.78. The molecule has 0 aliphatic carbocycles. The van der Waals surface area contributed by atoms with E-state index in [2.05, 4.69) is 11.8 Å². The number of thiocarbonyl (C=S) groups is 1. The Morgan fingerprint density at radius 2 is 2.05 bits per heavy atom. The van der Waals surface area contributed by atoms with Crippen LogP contribution in [-0.4, -0.2) is 48.3 Å². The largest absolute Gasteiger partial charge is 0.389 e. The topological polar surface area (TPSA) is 58.7 Å². The maximum absolute atomic E-state index is 10.2. The van der Waals surface area contributed by atoms with Gasteiger partial charge in [0.15, 0.2) is 0 Å². The Morgan fingerprint density at radius 3 is 2.53 bits per heavy atom. The first-order chi connectivity index (χ1) is 9.08. The fourth-order valence-corrected chi connectivity index (χ4v) is 1.95. The molecular weight excluding hydrogens is 260 g/mol. The lowest BCUT2D eigenvalue weighted by molar-refractivity contribution is 0.0921. The van der Waals surface area contributed by atoms with Crippen LogP contribution in [0.4, 0.5) is 0 Å². The third-order valence-electron chi connectivity index (χ3n) is 3.07. The van der Waals surface area contributed by atoms with E-state index in [4.69, 9.17) is 22.7 Å². The third kappa shape index (κ3) is 5.24. The minimum atomic E-state index is -0.516. The van der Waals surface area contributed by atoms with Gasteiger partial charge in [0.05, 0.1) is 12.7 Å². The Hall–Kier alpha value is -1.01. The number of methoxy groups -OCH3 is 1. The van der Waals surface area contributed by atoms with Crippen LogP contribution in [0.25, 0.3) is 0 Å². The molecular formula is C14H22N2O2S. The second-order valence-electron chi connectivity index (χ2n) is 4.39. The van der Waals surface area contributed by atoms with E-state index in [-0.39, 0.29) is 0 Å². The zero-order valence-corrected chi connectivity index (χ0v) is 12.3. The SMILES string of the molecule is CCN(CCOC)CC(O)c1ccc(C(N)=S)cc1. The summed E-state index contributed by atoms with van der Waals surface area (Å²) in [7, 11) is 1.68. The highest BCUT2D eigenvalue weighted by Crippen LogP contribution is 2.15. The molecule has 1 aromatic carbocycles. The molecule has 0 fully saturated rings. The highest BCUT2D eigenvalue weighted by molar-refractivity contribution is 7.80. The average Bonchev–Trinajstić information content (AvgIpc) is 2.43. The second kappa shape index (κ2) is 8.22. The number of aliphatic hydroxyl groups is 1. The summed E-state index contributed by atoms with van der Waals surface area (Å²) in [5, 5.41) is 10.2. The summed E-state index contributed by atoms with van der Waals surface area (Å²) in [5.41, 5.74) is 7.23. The third-order valence-corrected chi connectivity index (χ3v) is 3.31. The molecule has 0 saturated carbocycles. The number of benzene rings is 1. The Kier molecular flexibility index (Phi) is 6.94. The molecule has 19 heavy (non-hydrogen) atoms. The van der Waals surface area contributed by atoms with Gasteiger partial charge in [0.1, 0.15) is 4.99 Å². The number of hydrogen-bond acceptors (Lipinski definition) is 4. The lowest BCUT2D eigenvalue weighted by atomic mass is 10.1. The van der Waals surface area contributed by atoms with Crippen LogP contribution in [0.3, 0.4) is 0 Å². The number of aliphatic hydroxyl groups excluding tert-OH is 1. The van der Waals surface area contributed by atoms with Gasteiger partial charge in [-0.15, -0.1) is 0 Å². The van der Waals surface area contributed by atoms with Crippen LogP contribution in [0.15, 0.2) is 24.3 Å². The molecule has 1 aromatic rings. The Bertz CT molecular complexity index is 395. The van der Waals surface area contributed by atoms with Crippen molar-refractivity contribution in [2.45, 2.75) is 13.0 Å². The molecule has 1 unspecified atom stereocenters. The molecule has 0 amide bonds. The van der Waals surface area contributed by atoms with Gasteiger partial charge in [0, 0.05) is 25.8 Å². The van der Waals surface area contributed by atoms with Crippen molar-refractivity contribution in [3.8, 4) is 0 Å². The summed E-state index contributed by atoms with van der Waals surface area (Å²) in [5.74, 6) is 0. The van der Waals surface area contributed by atoms with Crippen LogP contribution < -0.4 is 5.73 Å². The van der Waals surface area contributed by atoms with E-state index in [0.29, 0.717) is 18.1 Å². The monoisotopic (exact) mass is 282 g/mol. The van der Waals surface area contributed by atoms with Gasteiger partial charge in [-0.25, -0.2) is 0 Å². The average molecular weight is 282 g/mol. The van der Waals surface area contributed by atoms with Gasteiger partial charge in [0.25, 0.3) is 0 Å². The number of likely N-dealkylation sites (N-methyl/N-ethyl adjacent to an activating group) is 1. The Balaban J connectivity index is 2.60. The van der Waals surface area contributed by atoms with Gasteiger partial charge in [-0.05, 0) is 12.1 Å². The molecule has 0 spiro atoms. The summed E-state index contributed by atoms with van der Waals surface area (Å²) < 4.78 is 5.05. The zero-order valence-electron chi connectivity index (χ0n) is 11.5. The molecule has 0 bridgehead atoms. The molecule has 0 aromatic heterocycles.